The van der Waals surface area contributed by atoms with Crippen molar-refractivity contribution in [3.8, 4) is 0 Å². The van der Waals surface area contributed by atoms with Crippen LogP contribution in [0.25, 0.3) is 0 Å². The Morgan fingerprint density at radius 1 is 0.522 bits per heavy atom. The lowest BCUT2D eigenvalue weighted by atomic mass is 10.0. The third-order valence-electron chi connectivity index (χ3n) is 4.96. The van der Waals surface area contributed by atoms with Gasteiger partial charge < -0.3 is 0 Å². The molecule has 0 rings (SSSR count). The van der Waals surface area contributed by atoms with Crippen LogP contribution in [0.4, 0.5) is 0 Å². The summed E-state index contributed by atoms with van der Waals surface area (Å²) in [6, 6.07) is 0. The van der Waals surface area contributed by atoms with Gasteiger partial charge in [-0.25, -0.2) is 0 Å². The third kappa shape index (κ3) is 22.0. The van der Waals surface area contributed by atoms with Crippen LogP contribution in [0.1, 0.15) is 136 Å². The van der Waals surface area contributed by atoms with Crippen molar-refractivity contribution in [1.29, 1.82) is 0 Å². The Kier molecular flexibility index (Phi) is 20.0. The van der Waals surface area contributed by atoms with Gasteiger partial charge >= 0.3 is 0 Å². The molecule has 0 aliphatic rings. The first-order valence-corrected chi connectivity index (χ1v) is 11.1. The molecular formula is C23H47. The Morgan fingerprint density at radius 2 is 0.913 bits per heavy atom. The van der Waals surface area contributed by atoms with Crippen LogP contribution in [0.2, 0.25) is 0 Å². The molecule has 23 heavy (non-hydrogen) atoms. The minimum Gasteiger partial charge on any atom is -0.0654 e. The van der Waals surface area contributed by atoms with Crippen molar-refractivity contribution in [2.75, 3.05) is 0 Å². The summed E-state index contributed by atoms with van der Waals surface area (Å²) in [7, 11) is 0. The van der Waals surface area contributed by atoms with E-state index in [-0.39, 0.29) is 0 Å². The lowest BCUT2D eigenvalue weighted by Crippen LogP contribution is -1.88. The van der Waals surface area contributed by atoms with E-state index in [2.05, 4.69) is 27.2 Å². The predicted molar refractivity (Wildman–Crippen MR) is 108 cm³/mol. The second kappa shape index (κ2) is 20.0. The van der Waals surface area contributed by atoms with Gasteiger partial charge in [-0.15, -0.1) is 0 Å². The van der Waals surface area contributed by atoms with Crippen LogP contribution in [0.15, 0.2) is 0 Å². The highest BCUT2D eigenvalue weighted by atomic mass is 14.0. The van der Waals surface area contributed by atoms with Gasteiger partial charge in [0, 0.05) is 0 Å². The Balaban J connectivity index is 2.95. The zero-order chi connectivity index (χ0) is 17.0. The maximum absolute atomic E-state index is 2.52. The fourth-order valence-electron chi connectivity index (χ4n) is 3.26. The Morgan fingerprint density at radius 3 is 1.30 bits per heavy atom. The minimum absolute atomic E-state index is 0.868. The fraction of sp³-hybridized carbons (Fsp3) is 0.957. The molecule has 0 N–H and O–H groups in total. The molecule has 0 nitrogen and oxygen atoms in total. The van der Waals surface area contributed by atoms with Crippen molar-refractivity contribution in [2.45, 2.75) is 136 Å². The van der Waals surface area contributed by atoms with Crippen molar-refractivity contribution in [3.05, 3.63) is 6.42 Å². The van der Waals surface area contributed by atoms with Gasteiger partial charge in [0.15, 0.2) is 0 Å². The highest BCUT2D eigenvalue weighted by Gasteiger charge is 1.96. The second-order valence-corrected chi connectivity index (χ2v) is 8.00. The highest BCUT2D eigenvalue weighted by molar-refractivity contribution is 4.65. The molecule has 0 spiro atoms. The molecule has 0 aromatic heterocycles. The molecule has 0 aromatic rings. The van der Waals surface area contributed by atoms with Gasteiger partial charge in [-0.1, -0.05) is 130 Å². The molecule has 0 unspecified atom stereocenters. The van der Waals surface area contributed by atoms with Crippen molar-refractivity contribution >= 4 is 0 Å². The van der Waals surface area contributed by atoms with E-state index in [1.807, 2.05) is 0 Å². The normalized spacial score (nSPS) is 11.5. The zero-order valence-electron chi connectivity index (χ0n) is 16.9. The molecule has 0 atom stereocenters. The first-order valence-electron chi connectivity index (χ1n) is 11.1. The molecule has 0 bridgehead atoms. The maximum Gasteiger partial charge on any atom is -0.0386 e. The second-order valence-electron chi connectivity index (χ2n) is 8.00. The smallest absolute Gasteiger partial charge is 0.0386 e. The summed E-state index contributed by atoms with van der Waals surface area (Å²) in [6.45, 7) is 6.94. The number of unbranched alkanes of at least 4 members (excludes halogenated alkanes) is 17. The minimum atomic E-state index is 0.868. The molecule has 0 heteroatoms. The lowest BCUT2D eigenvalue weighted by Gasteiger charge is -2.05. The van der Waals surface area contributed by atoms with Gasteiger partial charge in [0.25, 0.3) is 0 Å². The van der Waals surface area contributed by atoms with Gasteiger partial charge in [-0.3, -0.25) is 0 Å². The van der Waals surface area contributed by atoms with Crippen LogP contribution in [0.3, 0.4) is 0 Å². The molecule has 0 aromatic carbocycles. The van der Waals surface area contributed by atoms with E-state index in [4.69, 9.17) is 0 Å². The third-order valence-corrected chi connectivity index (χ3v) is 4.96. The number of hydrogen-bond acceptors (Lipinski definition) is 0. The summed E-state index contributed by atoms with van der Waals surface area (Å²) < 4.78 is 0. The lowest BCUT2D eigenvalue weighted by molar-refractivity contribution is 0.529. The monoisotopic (exact) mass is 323 g/mol. The molecule has 1 radical (unpaired) electrons. The fourth-order valence-corrected chi connectivity index (χ4v) is 3.26. The topological polar surface area (TPSA) is 0 Å². The first-order chi connectivity index (χ1) is 11.3. The Bertz CT molecular complexity index is 194. The Labute approximate surface area is 149 Å². The largest absolute Gasteiger partial charge is 0.0654 e. The van der Waals surface area contributed by atoms with Crippen LogP contribution in [0, 0.1) is 12.3 Å². The van der Waals surface area contributed by atoms with Crippen molar-refractivity contribution in [2.24, 2.45) is 5.92 Å². The molecule has 0 amide bonds. The molecule has 0 aliphatic carbocycles. The summed E-state index contributed by atoms with van der Waals surface area (Å²) in [4.78, 5) is 0. The van der Waals surface area contributed by atoms with E-state index in [0.29, 0.717) is 0 Å². The van der Waals surface area contributed by atoms with Gasteiger partial charge in [-0.2, -0.15) is 0 Å². The summed E-state index contributed by atoms with van der Waals surface area (Å²) in [5, 5.41) is 0. The van der Waals surface area contributed by atoms with Gasteiger partial charge in [-0.05, 0) is 18.8 Å². The van der Waals surface area contributed by atoms with Crippen LogP contribution in [-0.2, 0) is 0 Å². The molecule has 139 valence electrons. The molecule has 0 saturated carbocycles. The van der Waals surface area contributed by atoms with E-state index < -0.39 is 0 Å². The number of rotatable bonds is 19. The maximum atomic E-state index is 2.52. The molecule has 0 aliphatic heterocycles. The first kappa shape index (κ1) is 23.0. The predicted octanol–water partition coefficient (Wildman–Crippen LogP) is 8.89. The van der Waals surface area contributed by atoms with Crippen LogP contribution in [0.5, 0.6) is 0 Å². The van der Waals surface area contributed by atoms with E-state index in [9.17, 15) is 0 Å². The molecule has 0 fully saturated rings. The van der Waals surface area contributed by atoms with Crippen LogP contribution >= 0.6 is 0 Å². The summed E-state index contributed by atoms with van der Waals surface area (Å²) in [5.41, 5.74) is 0. The highest BCUT2D eigenvalue weighted by Crippen LogP contribution is 2.14. The van der Waals surface area contributed by atoms with Gasteiger partial charge in [0.2, 0.25) is 0 Å². The summed E-state index contributed by atoms with van der Waals surface area (Å²) in [6.07, 6.45) is 28.5. The summed E-state index contributed by atoms with van der Waals surface area (Å²) >= 11 is 0. The van der Waals surface area contributed by atoms with Crippen LogP contribution in [-0.4, -0.2) is 0 Å². The van der Waals surface area contributed by atoms with Gasteiger partial charge in [0.05, 0.1) is 0 Å². The van der Waals surface area contributed by atoms with E-state index in [1.165, 1.54) is 116 Å². The standard InChI is InChI=1S/C23H47/c1-4-5-6-7-8-9-10-11-12-13-14-15-16-17-18-19-20-21-22-23(2)3/h20,23H,4-19,21-22H2,1-3H3. The molecule has 0 saturated heterocycles. The Hall–Kier alpha value is 0. The summed E-state index contributed by atoms with van der Waals surface area (Å²) in [5.74, 6) is 0.868. The average molecular weight is 324 g/mol. The van der Waals surface area contributed by atoms with Crippen molar-refractivity contribution in [1.82, 2.24) is 0 Å². The van der Waals surface area contributed by atoms with Crippen LogP contribution < -0.4 is 0 Å². The molecular weight excluding hydrogens is 276 g/mol. The van der Waals surface area contributed by atoms with Gasteiger partial charge in [0.1, 0.15) is 0 Å². The molecule has 0 heterocycles. The number of hydrogen-bond donors (Lipinski definition) is 0. The van der Waals surface area contributed by atoms with E-state index in [1.54, 1.807) is 0 Å². The zero-order valence-corrected chi connectivity index (χ0v) is 16.9. The average Bonchev–Trinajstić information content (AvgIpc) is 2.53. The SMILES string of the molecule is CCCCCCCCCCCCCCCCC[CH]CCC(C)C. The van der Waals surface area contributed by atoms with E-state index in [0.717, 1.165) is 5.92 Å². The van der Waals surface area contributed by atoms with E-state index >= 15 is 0 Å². The quantitative estimate of drug-likeness (QED) is 0.208. The van der Waals surface area contributed by atoms with Crippen molar-refractivity contribution < 1.29 is 0 Å². The van der Waals surface area contributed by atoms with Crippen molar-refractivity contribution in [3.63, 3.8) is 0 Å².